The third kappa shape index (κ3) is 2.54. The number of ether oxygens (including phenoxy) is 1. The molecule has 2 aromatic heterocycles. The minimum absolute atomic E-state index is 0.126. The fourth-order valence-electron chi connectivity index (χ4n) is 3.93. The Bertz CT molecular complexity index is 918. The first-order valence-corrected chi connectivity index (χ1v) is 8.86. The molecule has 6 nitrogen and oxygen atoms in total. The molecule has 0 saturated carbocycles. The van der Waals surface area contributed by atoms with Gasteiger partial charge in [-0.3, -0.25) is 0 Å². The molecule has 2 aliphatic rings. The molecule has 1 atom stereocenters. The van der Waals surface area contributed by atoms with E-state index in [-0.39, 0.29) is 5.41 Å². The standard InChI is InChI=1S/C20H19N5O/c1-2-5-15(6-3-1)18-23-11-16-12-26-14-20(17(16)24-18)7-10-25(13-20)19-21-8-4-9-22-19/h1-6,8-9,11H,7,10,12-14H2/t20-/m1/s1. The van der Waals surface area contributed by atoms with E-state index < -0.39 is 0 Å². The molecule has 6 heteroatoms. The molecule has 3 aromatic rings. The molecule has 1 fully saturated rings. The van der Waals surface area contributed by atoms with E-state index in [9.17, 15) is 0 Å². The number of aromatic nitrogens is 4. The molecule has 0 amide bonds. The number of fused-ring (bicyclic) bond motifs is 2. The van der Waals surface area contributed by atoms with E-state index in [1.54, 1.807) is 12.4 Å². The Hall–Kier alpha value is -2.86. The molecule has 0 unspecified atom stereocenters. The number of rotatable bonds is 2. The van der Waals surface area contributed by atoms with E-state index in [4.69, 9.17) is 9.72 Å². The fourth-order valence-corrected chi connectivity index (χ4v) is 3.93. The second-order valence-corrected chi connectivity index (χ2v) is 6.93. The molecular formula is C20H19N5O. The highest BCUT2D eigenvalue weighted by molar-refractivity contribution is 5.55. The van der Waals surface area contributed by atoms with Gasteiger partial charge in [-0.1, -0.05) is 30.3 Å². The number of hydrogen-bond acceptors (Lipinski definition) is 6. The first kappa shape index (κ1) is 15.4. The number of hydrogen-bond donors (Lipinski definition) is 0. The molecule has 0 N–H and O–H groups in total. The second-order valence-electron chi connectivity index (χ2n) is 6.93. The van der Waals surface area contributed by atoms with Gasteiger partial charge in [-0.25, -0.2) is 19.9 Å². The van der Waals surface area contributed by atoms with Crippen molar-refractivity contribution in [3.8, 4) is 11.4 Å². The lowest BCUT2D eigenvalue weighted by Crippen LogP contribution is -2.40. The Morgan fingerprint density at radius 2 is 1.85 bits per heavy atom. The first-order chi connectivity index (χ1) is 12.8. The third-order valence-corrected chi connectivity index (χ3v) is 5.22. The van der Waals surface area contributed by atoms with Gasteiger partial charge in [0, 0.05) is 42.8 Å². The minimum atomic E-state index is -0.126. The van der Waals surface area contributed by atoms with Gasteiger partial charge in [0.15, 0.2) is 5.82 Å². The third-order valence-electron chi connectivity index (χ3n) is 5.22. The minimum Gasteiger partial charge on any atom is -0.376 e. The number of anilines is 1. The van der Waals surface area contributed by atoms with Crippen LogP contribution in [0.5, 0.6) is 0 Å². The van der Waals surface area contributed by atoms with Crippen molar-refractivity contribution >= 4 is 5.95 Å². The van der Waals surface area contributed by atoms with Gasteiger partial charge in [-0.15, -0.1) is 0 Å². The van der Waals surface area contributed by atoms with Crippen LogP contribution in [0.25, 0.3) is 11.4 Å². The van der Waals surface area contributed by atoms with Crippen molar-refractivity contribution < 1.29 is 4.74 Å². The molecule has 5 rings (SSSR count). The van der Waals surface area contributed by atoms with Crippen LogP contribution in [0.3, 0.4) is 0 Å². The van der Waals surface area contributed by atoms with Crippen LogP contribution in [0, 0.1) is 0 Å². The van der Waals surface area contributed by atoms with Gasteiger partial charge in [0.1, 0.15) is 0 Å². The molecule has 0 bridgehead atoms. The zero-order valence-electron chi connectivity index (χ0n) is 14.4. The van der Waals surface area contributed by atoms with Crippen molar-refractivity contribution in [1.29, 1.82) is 0 Å². The molecule has 1 aromatic carbocycles. The van der Waals surface area contributed by atoms with Crippen molar-refractivity contribution in [3.63, 3.8) is 0 Å². The predicted octanol–water partition coefficient (Wildman–Crippen LogP) is 2.61. The van der Waals surface area contributed by atoms with Gasteiger partial charge in [-0.05, 0) is 12.5 Å². The van der Waals surface area contributed by atoms with Crippen LogP contribution in [0.1, 0.15) is 17.7 Å². The van der Waals surface area contributed by atoms with Gasteiger partial charge in [-0.2, -0.15) is 0 Å². The van der Waals surface area contributed by atoms with Crippen LogP contribution in [0.4, 0.5) is 5.95 Å². The molecule has 0 radical (unpaired) electrons. The molecule has 2 aliphatic heterocycles. The maximum atomic E-state index is 5.92. The van der Waals surface area contributed by atoms with Crippen molar-refractivity contribution in [3.05, 3.63) is 66.2 Å². The fraction of sp³-hybridized carbons (Fsp3) is 0.300. The molecule has 1 spiro atoms. The van der Waals surface area contributed by atoms with Crippen molar-refractivity contribution in [1.82, 2.24) is 19.9 Å². The van der Waals surface area contributed by atoms with Crippen LogP contribution in [0.15, 0.2) is 55.0 Å². The topological polar surface area (TPSA) is 64.0 Å². The van der Waals surface area contributed by atoms with E-state index in [1.165, 1.54) is 0 Å². The second kappa shape index (κ2) is 6.14. The molecule has 4 heterocycles. The molecular weight excluding hydrogens is 326 g/mol. The van der Waals surface area contributed by atoms with Crippen molar-refractivity contribution in [2.24, 2.45) is 0 Å². The van der Waals surface area contributed by atoms with Crippen LogP contribution in [-0.2, 0) is 16.8 Å². The Kier molecular flexibility index (Phi) is 3.64. The number of nitrogens with zero attached hydrogens (tertiary/aromatic N) is 5. The summed E-state index contributed by atoms with van der Waals surface area (Å²) in [5.41, 5.74) is 3.13. The van der Waals surface area contributed by atoms with Crippen LogP contribution < -0.4 is 4.90 Å². The summed E-state index contributed by atoms with van der Waals surface area (Å²) in [5, 5.41) is 0. The maximum Gasteiger partial charge on any atom is 0.225 e. The van der Waals surface area contributed by atoms with E-state index in [0.717, 1.165) is 48.1 Å². The number of benzene rings is 1. The van der Waals surface area contributed by atoms with Crippen LogP contribution >= 0.6 is 0 Å². The smallest absolute Gasteiger partial charge is 0.225 e. The lowest BCUT2D eigenvalue weighted by atomic mass is 9.80. The van der Waals surface area contributed by atoms with E-state index in [0.29, 0.717) is 13.2 Å². The Balaban J connectivity index is 1.53. The molecule has 1 saturated heterocycles. The Morgan fingerprint density at radius 3 is 2.69 bits per heavy atom. The quantitative estimate of drug-likeness (QED) is 0.711. The SMILES string of the molecule is c1ccc(-c2ncc3c(n2)[C@@]2(CCN(c4ncccn4)C2)COC3)cc1. The zero-order valence-corrected chi connectivity index (χ0v) is 14.4. The summed E-state index contributed by atoms with van der Waals surface area (Å²) in [6.45, 7) is 2.97. The zero-order chi connectivity index (χ0) is 17.4. The lowest BCUT2D eigenvalue weighted by Gasteiger charge is -2.34. The summed E-state index contributed by atoms with van der Waals surface area (Å²) in [6, 6.07) is 12.0. The van der Waals surface area contributed by atoms with Gasteiger partial charge >= 0.3 is 0 Å². The van der Waals surface area contributed by atoms with Gasteiger partial charge in [0.05, 0.1) is 24.3 Å². The molecule has 26 heavy (non-hydrogen) atoms. The maximum absolute atomic E-state index is 5.92. The largest absolute Gasteiger partial charge is 0.376 e. The van der Waals surface area contributed by atoms with Gasteiger partial charge in [0.25, 0.3) is 0 Å². The van der Waals surface area contributed by atoms with Crippen LogP contribution in [-0.4, -0.2) is 39.6 Å². The molecule has 130 valence electrons. The monoisotopic (exact) mass is 345 g/mol. The van der Waals surface area contributed by atoms with Crippen LogP contribution in [0.2, 0.25) is 0 Å². The summed E-state index contributed by atoms with van der Waals surface area (Å²) in [7, 11) is 0. The highest BCUT2D eigenvalue weighted by Gasteiger charge is 2.45. The van der Waals surface area contributed by atoms with E-state index in [2.05, 4.69) is 19.9 Å². The lowest BCUT2D eigenvalue weighted by molar-refractivity contribution is 0.0557. The predicted molar refractivity (Wildman–Crippen MR) is 97.7 cm³/mol. The average molecular weight is 345 g/mol. The summed E-state index contributed by atoms with van der Waals surface area (Å²) >= 11 is 0. The Morgan fingerprint density at radius 1 is 1.00 bits per heavy atom. The summed E-state index contributed by atoms with van der Waals surface area (Å²) in [6.07, 6.45) is 6.47. The van der Waals surface area contributed by atoms with Gasteiger partial charge in [0.2, 0.25) is 5.95 Å². The molecule has 0 aliphatic carbocycles. The average Bonchev–Trinajstić information content (AvgIpc) is 3.14. The highest BCUT2D eigenvalue weighted by atomic mass is 16.5. The summed E-state index contributed by atoms with van der Waals surface area (Å²) in [4.78, 5) is 20.6. The normalized spacial score (nSPS) is 21.8. The van der Waals surface area contributed by atoms with Crippen molar-refractivity contribution in [2.45, 2.75) is 18.4 Å². The van der Waals surface area contributed by atoms with Gasteiger partial charge < -0.3 is 9.64 Å². The van der Waals surface area contributed by atoms with Crippen molar-refractivity contribution in [2.75, 3.05) is 24.6 Å². The van der Waals surface area contributed by atoms with E-state index >= 15 is 0 Å². The highest BCUT2D eigenvalue weighted by Crippen LogP contribution is 2.40. The summed E-state index contributed by atoms with van der Waals surface area (Å²) < 4.78 is 5.92. The Labute approximate surface area is 151 Å². The van der Waals surface area contributed by atoms with E-state index in [1.807, 2.05) is 42.6 Å². The first-order valence-electron chi connectivity index (χ1n) is 8.86. The summed E-state index contributed by atoms with van der Waals surface area (Å²) in [5.74, 6) is 1.55.